The quantitative estimate of drug-likeness (QED) is 0.443. The van der Waals surface area contributed by atoms with E-state index in [-0.39, 0.29) is 17.6 Å². The van der Waals surface area contributed by atoms with Crippen LogP contribution >= 0.6 is 11.3 Å². The number of rotatable bonds is 6. The number of hydrogen-bond acceptors (Lipinski definition) is 5. The summed E-state index contributed by atoms with van der Waals surface area (Å²) in [5.41, 5.74) is 6.52. The van der Waals surface area contributed by atoms with E-state index in [0.717, 1.165) is 0 Å². The van der Waals surface area contributed by atoms with E-state index in [0.29, 0.717) is 32.3 Å². The summed E-state index contributed by atoms with van der Waals surface area (Å²) in [5.74, 6) is -0.504. The number of aromatic nitrogens is 1. The zero-order valence-corrected chi connectivity index (χ0v) is 16.9. The van der Waals surface area contributed by atoms with Gasteiger partial charge in [-0.2, -0.15) is 0 Å². The maximum atomic E-state index is 14.0. The van der Waals surface area contributed by atoms with Gasteiger partial charge in [0.25, 0.3) is 5.91 Å². The molecule has 0 aliphatic heterocycles. The number of nitrogens with two attached hydrogens (primary N) is 1. The molecule has 3 N–H and O–H groups in total. The Bertz CT molecular complexity index is 1250. The molecule has 0 atom stereocenters. The SMILES string of the molecule is NC(=O)c1cccc(Oc2ccc(NC(=O)c3ccc(-c4ccccc4F)s3)cn2)c1. The maximum Gasteiger partial charge on any atom is 0.265 e. The van der Waals surface area contributed by atoms with E-state index in [1.165, 1.54) is 29.7 Å². The van der Waals surface area contributed by atoms with Crippen LogP contribution < -0.4 is 15.8 Å². The number of nitrogens with one attached hydrogen (secondary N) is 1. The summed E-state index contributed by atoms with van der Waals surface area (Å²) in [6.07, 6.45) is 1.45. The highest BCUT2D eigenvalue weighted by atomic mass is 32.1. The lowest BCUT2D eigenvalue weighted by atomic mass is 10.2. The van der Waals surface area contributed by atoms with E-state index in [9.17, 15) is 14.0 Å². The van der Waals surface area contributed by atoms with E-state index in [4.69, 9.17) is 10.5 Å². The molecule has 0 bridgehead atoms. The molecule has 0 aliphatic carbocycles. The molecule has 154 valence electrons. The highest BCUT2D eigenvalue weighted by Crippen LogP contribution is 2.30. The average molecular weight is 433 g/mol. The standard InChI is InChI=1S/C23H16FN3O3S/c24-18-7-2-1-6-17(18)19-9-10-20(31-19)23(29)27-15-8-11-21(26-13-15)30-16-5-3-4-14(12-16)22(25)28/h1-13H,(H2,25,28)(H,27,29). The van der Waals surface area contributed by atoms with Crippen LogP contribution in [0.3, 0.4) is 0 Å². The molecule has 2 aromatic heterocycles. The Hall–Kier alpha value is -4.04. The minimum atomic E-state index is -0.553. The van der Waals surface area contributed by atoms with Crippen LogP contribution in [-0.4, -0.2) is 16.8 Å². The molecule has 0 unspecified atom stereocenters. The third-order valence-corrected chi connectivity index (χ3v) is 5.42. The van der Waals surface area contributed by atoms with E-state index < -0.39 is 5.91 Å². The highest BCUT2D eigenvalue weighted by molar-refractivity contribution is 7.17. The normalized spacial score (nSPS) is 10.5. The molecule has 0 fully saturated rings. The van der Waals surface area contributed by atoms with Gasteiger partial charge in [0.1, 0.15) is 11.6 Å². The van der Waals surface area contributed by atoms with Gasteiger partial charge >= 0.3 is 0 Å². The van der Waals surface area contributed by atoms with Crippen molar-refractivity contribution in [2.75, 3.05) is 5.32 Å². The molecule has 6 nitrogen and oxygen atoms in total. The van der Waals surface area contributed by atoms with Gasteiger partial charge in [-0.1, -0.05) is 24.3 Å². The fourth-order valence-corrected chi connectivity index (χ4v) is 3.73. The third-order valence-electron chi connectivity index (χ3n) is 4.30. The van der Waals surface area contributed by atoms with Crippen molar-refractivity contribution in [3.05, 3.63) is 95.3 Å². The second-order valence-corrected chi connectivity index (χ2v) is 7.56. The fraction of sp³-hybridized carbons (Fsp3) is 0. The Morgan fingerprint density at radius 1 is 1.00 bits per heavy atom. The topological polar surface area (TPSA) is 94.3 Å². The fourth-order valence-electron chi connectivity index (χ4n) is 2.81. The first-order chi connectivity index (χ1) is 15.0. The summed E-state index contributed by atoms with van der Waals surface area (Å²) in [6, 6.07) is 19.5. The predicted molar refractivity (Wildman–Crippen MR) is 117 cm³/mol. The molecule has 0 radical (unpaired) electrons. The lowest BCUT2D eigenvalue weighted by molar-refractivity contribution is 0.0997. The molecule has 4 aromatic rings. The predicted octanol–water partition coefficient (Wildman–Crippen LogP) is 5.09. The molecular formula is C23H16FN3O3S. The van der Waals surface area contributed by atoms with Crippen LogP contribution in [0.15, 0.2) is 79.0 Å². The second-order valence-electron chi connectivity index (χ2n) is 6.48. The summed E-state index contributed by atoms with van der Waals surface area (Å²) in [5, 5.41) is 2.75. The Morgan fingerprint density at radius 2 is 1.84 bits per heavy atom. The molecule has 0 saturated carbocycles. The molecular weight excluding hydrogens is 417 g/mol. The highest BCUT2D eigenvalue weighted by Gasteiger charge is 2.13. The van der Waals surface area contributed by atoms with Crippen molar-refractivity contribution in [3.8, 4) is 22.1 Å². The number of pyridine rings is 1. The summed E-state index contributed by atoms with van der Waals surface area (Å²) >= 11 is 1.20. The number of primary amides is 1. The van der Waals surface area contributed by atoms with Gasteiger partial charge in [0.2, 0.25) is 11.8 Å². The summed E-state index contributed by atoms with van der Waals surface area (Å²) in [7, 11) is 0. The molecule has 2 heterocycles. The average Bonchev–Trinajstić information content (AvgIpc) is 3.26. The number of ether oxygens (including phenoxy) is 1. The Labute approximate surface area is 181 Å². The van der Waals surface area contributed by atoms with Crippen LogP contribution in [0.25, 0.3) is 10.4 Å². The Balaban J connectivity index is 1.42. The first-order valence-electron chi connectivity index (χ1n) is 9.19. The molecule has 8 heteroatoms. The van der Waals surface area contributed by atoms with Gasteiger partial charge in [-0.3, -0.25) is 9.59 Å². The van der Waals surface area contributed by atoms with Crippen LogP contribution in [0.2, 0.25) is 0 Å². The lowest BCUT2D eigenvalue weighted by Crippen LogP contribution is -2.10. The van der Waals surface area contributed by atoms with Crippen LogP contribution in [0.1, 0.15) is 20.0 Å². The van der Waals surface area contributed by atoms with Gasteiger partial charge in [0.15, 0.2) is 0 Å². The molecule has 0 spiro atoms. The number of carbonyl (C=O) groups excluding carboxylic acids is 2. The van der Waals surface area contributed by atoms with Crippen molar-refractivity contribution in [2.45, 2.75) is 0 Å². The molecule has 2 amide bonds. The van der Waals surface area contributed by atoms with Gasteiger partial charge in [0, 0.05) is 22.1 Å². The van der Waals surface area contributed by atoms with E-state index >= 15 is 0 Å². The molecule has 2 aromatic carbocycles. The lowest BCUT2D eigenvalue weighted by Gasteiger charge is -2.07. The van der Waals surface area contributed by atoms with Crippen LogP contribution in [0.4, 0.5) is 10.1 Å². The van der Waals surface area contributed by atoms with Crippen molar-refractivity contribution >= 4 is 28.8 Å². The first kappa shape index (κ1) is 20.2. The van der Waals surface area contributed by atoms with Gasteiger partial charge in [-0.25, -0.2) is 9.37 Å². The second kappa shape index (κ2) is 8.76. The molecule has 0 aliphatic rings. The molecule has 4 rings (SSSR count). The minimum absolute atomic E-state index is 0.289. The number of amides is 2. The van der Waals surface area contributed by atoms with Crippen molar-refractivity contribution < 1.29 is 18.7 Å². The minimum Gasteiger partial charge on any atom is -0.439 e. The van der Waals surface area contributed by atoms with Crippen molar-refractivity contribution in [2.24, 2.45) is 5.73 Å². The maximum absolute atomic E-state index is 14.0. The van der Waals surface area contributed by atoms with Gasteiger partial charge in [0.05, 0.1) is 16.8 Å². The number of anilines is 1. The number of carbonyl (C=O) groups is 2. The van der Waals surface area contributed by atoms with Crippen LogP contribution in [0, 0.1) is 5.82 Å². The number of halogens is 1. The van der Waals surface area contributed by atoms with Gasteiger partial charge < -0.3 is 15.8 Å². The third kappa shape index (κ3) is 4.76. The summed E-state index contributed by atoms with van der Waals surface area (Å²) < 4.78 is 19.6. The van der Waals surface area contributed by atoms with Crippen molar-refractivity contribution in [1.29, 1.82) is 0 Å². The Kier molecular flexibility index (Phi) is 5.72. The zero-order chi connectivity index (χ0) is 21.8. The van der Waals surface area contributed by atoms with Crippen LogP contribution in [-0.2, 0) is 0 Å². The molecule has 0 saturated heterocycles. The van der Waals surface area contributed by atoms with Crippen molar-refractivity contribution in [1.82, 2.24) is 4.98 Å². The molecule has 31 heavy (non-hydrogen) atoms. The van der Waals surface area contributed by atoms with E-state index in [2.05, 4.69) is 10.3 Å². The first-order valence-corrected chi connectivity index (χ1v) is 10.0. The number of nitrogens with zero attached hydrogens (tertiary/aromatic N) is 1. The van der Waals surface area contributed by atoms with Crippen LogP contribution in [0.5, 0.6) is 11.6 Å². The zero-order valence-electron chi connectivity index (χ0n) is 16.0. The summed E-state index contributed by atoms with van der Waals surface area (Å²) in [6.45, 7) is 0. The van der Waals surface area contributed by atoms with Crippen molar-refractivity contribution in [3.63, 3.8) is 0 Å². The number of hydrogen-bond donors (Lipinski definition) is 2. The summed E-state index contributed by atoms with van der Waals surface area (Å²) in [4.78, 5) is 29.1. The Morgan fingerprint density at radius 3 is 2.58 bits per heavy atom. The number of thiophene rings is 1. The monoisotopic (exact) mass is 433 g/mol. The van der Waals surface area contributed by atoms with Gasteiger partial charge in [-0.05, 0) is 42.5 Å². The van der Waals surface area contributed by atoms with E-state index in [1.807, 2.05) is 0 Å². The largest absolute Gasteiger partial charge is 0.439 e. The number of benzene rings is 2. The van der Waals surface area contributed by atoms with E-state index in [1.54, 1.807) is 60.7 Å². The smallest absolute Gasteiger partial charge is 0.265 e. The van der Waals surface area contributed by atoms with Gasteiger partial charge in [-0.15, -0.1) is 11.3 Å².